The van der Waals surface area contributed by atoms with Gasteiger partial charge in [0.15, 0.2) is 5.78 Å². The Morgan fingerprint density at radius 1 is 1.43 bits per heavy atom. The second-order valence-corrected chi connectivity index (χ2v) is 3.81. The average Bonchev–Trinajstić information content (AvgIpc) is 2.18. The molecule has 0 N–H and O–H groups in total. The van der Waals surface area contributed by atoms with Crippen molar-refractivity contribution >= 4 is 5.78 Å². The monoisotopic (exact) mass is 194 g/mol. The van der Waals surface area contributed by atoms with Crippen molar-refractivity contribution in [2.75, 3.05) is 0 Å². The normalized spacial score (nSPS) is 13.8. The zero-order valence-corrected chi connectivity index (χ0v) is 9.68. The molecule has 0 aliphatic heterocycles. The Labute approximate surface area is 87.9 Å². The van der Waals surface area contributed by atoms with E-state index >= 15 is 0 Å². The van der Waals surface area contributed by atoms with Crippen LogP contribution in [0, 0.1) is 5.92 Å². The van der Waals surface area contributed by atoms with E-state index < -0.39 is 0 Å². The van der Waals surface area contributed by atoms with Crippen LogP contribution in [0.25, 0.3) is 0 Å². The zero-order chi connectivity index (χ0) is 11.0. The first-order valence-corrected chi connectivity index (χ1v) is 5.47. The van der Waals surface area contributed by atoms with Crippen molar-refractivity contribution in [3.05, 3.63) is 24.3 Å². The molecule has 80 valence electrons. The molecule has 0 rings (SSSR count). The third-order valence-corrected chi connectivity index (χ3v) is 2.54. The lowest BCUT2D eigenvalue weighted by molar-refractivity contribution is -0.111. The van der Waals surface area contributed by atoms with Crippen LogP contribution in [-0.4, -0.2) is 5.78 Å². The van der Waals surface area contributed by atoms with Crippen molar-refractivity contribution in [3.8, 4) is 0 Å². The molecule has 0 heterocycles. The molecule has 1 unspecified atom stereocenters. The number of carbonyl (C=O) groups is 1. The minimum absolute atomic E-state index is 0.0798. The summed E-state index contributed by atoms with van der Waals surface area (Å²) in [5.41, 5.74) is 0.906. The van der Waals surface area contributed by atoms with Crippen LogP contribution in [0.15, 0.2) is 24.3 Å². The summed E-state index contributed by atoms with van der Waals surface area (Å²) >= 11 is 0. The molecule has 0 fully saturated rings. The molecular weight excluding hydrogens is 172 g/mol. The van der Waals surface area contributed by atoms with Gasteiger partial charge in [0, 0.05) is 0 Å². The van der Waals surface area contributed by atoms with Gasteiger partial charge in [-0.3, -0.25) is 4.79 Å². The summed E-state index contributed by atoms with van der Waals surface area (Å²) in [7, 11) is 0. The first kappa shape index (κ1) is 13.2. The Bertz CT molecular complexity index is 213. The highest BCUT2D eigenvalue weighted by Gasteiger charge is 2.07. The van der Waals surface area contributed by atoms with Crippen molar-refractivity contribution in [2.45, 2.75) is 46.5 Å². The van der Waals surface area contributed by atoms with Gasteiger partial charge in [-0.25, -0.2) is 0 Å². The molecule has 0 saturated carbocycles. The predicted octanol–water partition coefficient (Wildman–Crippen LogP) is 3.90. The van der Waals surface area contributed by atoms with Gasteiger partial charge in [-0.1, -0.05) is 39.3 Å². The van der Waals surface area contributed by atoms with E-state index in [4.69, 9.17) is 0 Å². The first-order valence-electron chi connectivity index (χ1n) is 5.47. The Morgan fingerprint density at radius 2 is 2.07 bits per heavy atom. The summed E-state index contributed by atoms with van der Waals surface area (Å²) in [4.78, 5) is 11.3. The van der Waals surface area contributed by atoms with Gasteiger partial charge >= 0.3 is 0 Å². The van der Waals surface area contributed by atoms with Gasteiger partial charge in [-0.2, -0.15) is 0 Å². The average molecular weight is 194 g/mol. The number of carbonyl (C=O) groups excluding carboxylic acids is 1. The van der Waals surface area contributed by atoms with E-state index in [2.05, 4.69) is 20.4 Å². The second-order valence-electron chi connectivity index (χ2n) is 3.81. The Balaban J connectivity index is 3.97. The van der Waals surface area contributed by atoms with Crippen LogP contribution in [0.1, 0.15) is 46.5 Å². The fourth-order valence-electron chi connectivity index (χ4n) is 1.58. The van der Waals surface area contributed by atoms with Crippen LogP contribution in [0.5, 0.6) is 0 Å². The van der Waals surface area contributed by atoms with Crippen LogP contribution in [0.4, 0.5) is 0 Å². The standard InChI is InChI=1S/C13H22O/c1-5-8-11(4)9-10-12(6-2)13(14)7-3/h6-7,11H,3,5,8-10H2,1-2,4H3. The maximum absolute atomic E-state index is 11.3. The molecule has 0 spiro atoms. The van der Waals surface area contributed by atoms with Crippen molar-refractivity contribution in [1.82, 2.24) is 0 Å². The van der Waals surface area contributed by atoms with Gasteiger partial charge in [0.2, 0.25) is 0 Å². The molecule has 0 aliphatic rings. The van der Waals surface area contributed by atoms with Crippen LogP contribution in [-0.2, 0) is 4.79 Å². The van der Waals surface area contributed by atoms with Crippen molar-refractivity contribution < 1.29 is 4.79 Å². The van der Waals surface area contributed by atoms with Crippen LogP contribution >= 0.6 is 0 Å². The van der Waals surface area contributed by atoms with E-state index in [0.29, 0.717) is 5.92 Å². The molecule has 0 aromatic carbocycles. The van der Waals surface area contributed by atoms with Gasteiger partial charge < -0.3 is 0 Å². The maximum Gasteiger partial charge on any atom is 0.180 e. The topological polar surface area (TPSA) is 17.1 Å². The van der Waals surface area contributed by atoms with E-state index in [-0.39, 0.29) is 5.78 Å². The SMILES string of the molecule is C=CC(=O)C(=CC)CCC(C)CCC. The highest BCUT2D eigenvalue weighted by Crippen LogP contribution is 2.17. The Hall–Kier alpha value is -0.850. The van der Waals surface area contributed by atoms with E-state index in [1.165, 1.54) is 18.9 Å². The number of ketones is 1. The Kier molecular flexibility index (Phi) is 7.09. The number of hydrogen-bond acceptors (Lipinski definition) is 1. The third kappa shape index (κ3) is 5.00. The molecule has 1 nitrogen and oxygen atoms in total. The van der Waals surface area contributed by atoms with Crippen LogP contribution < -0.4 is 0 Å². The molecule has 14 heavy (non-hydrogen) atoms. The summed E-state index contributed by atoms with van der Waals surface area (Å²) in [6.45, 7) is 9.86. The van der Waals surface area contributed by atoms with Gasteiger partial charge in [0.1, 0.15) is 0 Å². The van der Waals surface area contributed by atoms with Gasteiger partial charge in [-0.15, -0.1) is 0 Å². The highest BCUT2D eigenvalue weighted by molar-refractivity contribution is 6.03. The fraction of sp³-hybridized carbons (Fsp3) is 0.615. The molecule has 1 heteroatoms. The van der Waals surface area contributed by atoms with E-state index in [9.17, 15) is 4.79 Å². The van der Waals surface area contributed by atoms with Crippen LogP contribution in [0.2, 0.25) is 0 Å². The van der Waals surface area contributed by atoms with Crippen molar-refractivity contribution in [2.24, 2.45) is 5.92 Å². The van der Waals surface area contributed by atoms with Gasteiger partial charge in [0.05, 0.1) is 0 Å². The molecule has 0 aromatic heterocycles. The number of allylic oxidation sites excluding steroid dienone is 3. The summed E-state index contributed by atoms with van der Waals surface area (Å²) in [5, 5.41) is 0. The van der Waals surface area contributed by atoms with Gasteiger partial charge in [-0.05, 0) is 37.3 Å². The lowest BCUT2D eigenvalue weighted by atomic mass is 9.95. The minimum atomic E-state index is 0.0798. The van der Waals surface area contributed by atoms with E-state index in [1.54, 1.807) is 0 Å². The molecule has 0 amide bonds. The van der Waals surface area contributed by atoms with Crippen LogP contribution in [0.3, 0.4) is 0 Å². The lowest BCUT2D eigenvalue weighted by Gasteiger charge is -2.10. The molecule has 0 bridgehead atoms. The lowest BCUT2D eigenvalue weighted by Crippen LogP contribution is -2.01. The van der Waals surface area contributed by atoms with Gasteiger partial charge in [0.25, 0.3) is 0 Å². The second kappa shape index (κ2) is 7.54. The molecule has 1 atom stereocenters. The molecule has 0 aliphatic carbocycles. The molecule has 0 radical (unpaired) electrons. The first-order chi connectivity index (χ1) is 6.65. The largest absolute Gasteiger partial charge is 0.290 e. The number of hydrogen-bond donors (Lipinski definition) is 0. The van der Waals surface area contributed by atoms with E-state index in [0.717, 1.165) is 18.4 Å². The molecular formula is C13H22O. The third-order valence-electron chi connectivity index (χ3n) is 2.54. The summed E-state index contributed by atoms with van der Waals surface area (Å²) < 4.78 is 0. The quantitative estimate of drug-likeness (QED) is 0.562. The van der Waals surface area contributed by atoms with Crippen molar-refractivity contribution in [1.29, 1.82) is 0 Å². The summed E-state index contributed by atoms with van der Waals surface area (Å²) in [6.07, 6.45) is 7.78. The smallest absolute Gasteiger partial charge is 0.180 e. The summed E-state index contributed by atoms with van der Waals surface area (Å²) in [6, 6.07) is 0. The number of rotatable bonds is 7. The van der Waals surface area contributed by atoms with Crippen molar-refractivity contribution in [3.63, 3.8) is 0 Å². The predicted molar refractivity (Wildman–Crippen MR) is 62.3 cm³/mol. The van der Waals surface area contributed by atoms with E-state index in [1.807, 2.05) is 13.0 Å². The fourth-order valence-corrected chi connectivity index (χ4v) is 1.58. The zero-order valence-electron chi connectivity index (χ0n) is 9.68. The minimum Gasteiger partial charge on any atom is -0.290 e. The Morgan fingerprint density at radius 3 is 2.50 bits per heavy atom. The highest BCUT2D eigenvalue weighted by atomic mass is 16.1. The maximum atomic E-state index is 11.3. The molecule has 0 saturated heterocycles. The summed E-state index contributed by atoms with van der Waals surface area (Å²) in [5.74, 6) is 0.795. The molecule has 0 aromatic rings.